The van der Waals surface area contributed by atoms with E-state index in [0.29, 0.717) is 17.7 Å². The molecule has 0 aliphatic rings. The Balaban J connectivity index is 2.24. The first kappa shape index (κ1) is 26.6. The third-order valence-corrected chi connectivity index (χ3v) is 4.98. The molecule has 0 aliphatic heterocycles. The van der Waals surface area contributed by atoms with Crippen LogP contribution in [0.2, 0.25) is 0 Å². The van der Waals surface area contributed by atoms with E-state index in [-0.39, 0.29) is 24.6 Å². The minimum atomic E-state index is -4.95. The minimum Gasteiger partial charge on any atom is -0.395 e. The number of likely N-dealkylation sites (N-methyl/N-ethyl adjacent to an activating group) is 1. The first-order valence-electron chi connectivity index (χ1n) is 9.93. The number of nitrogens with one attached hydrogen (secondary N) is 1. The van der Waals surface area contributed by atoms with Crippen LogP contribution in [0.25, 0.3) is 0 Å². The molecule has 0 heterocycles. The number of aliphatic hydroxyl groups is 2. The maximum Gasteiger partial charge on any atom is 0.416 e. The van der Waals surface area contributed by atoms with Crippen LogP contribution in [0.15, 0.2) is 48.5 Å². The summed E-state index contributed by atoms with van der Waals surface area (Å²) in [6, 6.07) is 7.85. The number of halogens is 6. The van der Waals surface area contributed by atoms with Crippen molar-refractivity contribution < 1.29 is 41.4 Å². The molecular formula is C22H24F6N2O3. The van der Waals surface area contributed by atoms with Crippen molar-refractivity contribution in [3.63, 3.8) is 0 Å². The molecule has 182 valence electrons. The predicted molar refractivity (Wildman–Crippen MR) is 108 cm³/mol. The summed E-state index contributed by atoms with van der Waals surface area (Å²) in [6.07, 6.45) is -10.2. The lowest BCUT2D eigenvalue weighted by Crippen LogP contribution is -2.46. The Hall–Kier alpha value is -2.63. The smallest absolute Gasteiger partial charge is 0.395 e. The average molecular weight is 478 g/mol. The molecule has 11 heteroatoms. The highest BCUT2D eigenvalue weighted by molar-refractivity contribution is 5.83. The van der Waals surface area contributed by atoms with Crippen molar-refractivity contribution in [1.82, 2.24) is 10.2 Å². The van der Waals surface area contributed by atoms with Crippen molar-refractivity contribution in [2.75, 3.05) is 26.8 Å². The van der Waals surface area contributed by atoms with Crippen LogP contribution in [-0.2, 0) is 23.6 Å². The molecule has 0 fully saturated rings. The van der Waals surface area contributed by atoms with E-state index >= 15 is 0 Å². The van der Waals surface area contributed by atoms with Crippen molar-refractivity contribution in [2.24, 2.45) is 0 Å². The Labute approximate surface area is 186 Å². The zero-order valence-corrected chi connectivity index (χ0v) is 17.6. The van der Waals surface area contributed by atoms with E-state index in [2.05, 4.69) is 5.32 Å². The molecule has 0 aliphatic carbocycles. The van der Waals surface area contributed by atoms with Crippen molar-refractivity contribution >= 4 is 5.91 Å². The van der Waals surface area contributed by atoms with E-state index < -0.39 is 54.7 Å². The van der Waals surface area contributed by atoms with E-state index in [1.165, 1.54) is 11.9 Å². The molecular weight excluding hydrogens is 454 g/mol. The number of alkyl halides is 6. The van der Waals surface area contributed by atoms with Crippen LogP contribution in [0, 0.1) is 0 Å². The fourth-order valence-electron chi connectivity index (χ4n) is 3.15. The third-order valence-electron chi connectivity index (χ3n) is 4.98. The summed E-state index contributed by atoms with van der Waals surface area (Å²) in [4.78, 5) is 14.2. The normalized spacial score (nSPS) is 13.3. The Kier molecular flexibility index (Phi) is 8.87. The van der Waals surface area contributed by atoms with Gasteiger partial charge >= 0.3 is 12.4 Å². The van der Waals surface area contributed by atoms with Gasteiger partial charge in [-0.05, 0) is 35.7 Å². The topological polar surface area (TPSA) is 72.8 Å². The lowest BCUT2D eigenvalue weighted by molar-refractivity contribution is -0.143. The first-order valence-corrected chi connectivity index (χ1v) is 9.93. The van der Waals surface area contributed by atoms with Crippen LogP contribution in [0.5, 0.6) is 0 Å². The van der Waals surface area contributed by atoms with Gasteiger partial charge in [0.25, 0.3) is 0 Å². The first-order chi connectivity index (χ1) is 15.4. The highest BCUT2D eigenvalue weighted by Crippen LogP contribution is 2.36. The van der Waals surface area contributed by atoms with Gasteiger partial charge in [0, 0.05) is 13.6 Å². The zero-order valence-electron chi connectivity index (χ0n) is 17.6. The van der Waals surface area contributed by atoms with Gasteiger partial charge in [0.2, 0.25) is 5.91 Å². The van der Waals surface area contributed by atoms with E-state index in [1.807, 2.05) is 0 Å². The molecule has 0 saturated heterocycles. The Morgan fingerprint density at radius 2 is 1.45 bits per heavy atom. The highest BCUT2D eigenvalue weighted by Gasteiger charge is 2.37. The SMILES string of the molecule is CN(CCc1cc(C(F)(F)F)cc(C(F)(F)F)c1)C(=O)[C@@H](NC(CO)CO)c1ccccc1. The molecule has 2 rings (SSSR count). The molecule has 1 atom stereocenters. The van der Waals surface area contributed by atoms with Crippen molar-refractivity contribution in [1.29, 1.82) is 0 Å². The molecule has 3 N–H and O–H groups in total. The van der Waals surface area contributed by atoms with Crippen LogP contribution in [0.3, 0.4) is 0 Å². The van der Waals surface area contributed by atoms with Gasteiger partial charge in [-0.25, -0.2) is 0 Å². The summed E-state index contributed by atoms with van der Waals surface area (Å²) in [5.41, 5.74) is -2.54. The number of benzene rings is 2. The molecule has 0 unspecified atom stereocenters. The van der Waals surface area contributed by atoms with E-state index in [9.17, 15) is 41.4 Å². The van der Waals surface area contributed by atoms with Crippen LogP contribution in [-0.4, -0.2) is 53.9 Å². The van der Waals surface area contributed by atoms with Gasteiger partial charge in [0.05, 0.1) is 30.4 Å². The molecule has 0 radical (unpaired) electrons. The van der Waals surface area contributed by atoms with Gasteiger partial charge in [-0.1, -0.05) is 30.3 Å². The van der Waals surface area contributed by atoms with E-state index in [1.54, 1.807) is 30.3 Å². The summed E-state index contributed by atoms with van der Waals surface area (Å²) in [5, 5.41) is 21.5. The number of hydrogen-bond donors (Lipinski definition) is 3. The van der Waals surface area contributed by atoms with Gasteiger partial charge in [-0.2, -0.15) is 26.3 Å². The Bertz CT molecular complexity index is 882. The summed E-state index contributed by atoms with van der Waals surface area (Å²) >= 11 is 0. The second-order valence-corrected chi connectivity index (χ2v) is 7.50. The number of carbonyl (C=O) groups excluding carboxylic acids is 1. The summed E-state index contributed by atoms with van der Waals surface area (Å²) in [7, 11) is 1.37. The lowest BCUT2D eigenvalue weighted by Gasteiger charge is -2.28. The standard InChI is InChI=1S/C22H24F6N2O3/c1-30(20(33)19(29-18(12-31)13-32)15-5-3-2-4-6-15)8-7-14-9-16(21(23,24)25)11-17(10-14)22(26,27)28/h2-6,9-11,18-19,29,31-32H,7-8,12-13H2,1H3/t19-/m0/s1. The molecule has 0 aromatic heterocycles. The van der Waals surface area contributed by atoms with Crippen molar-refractivity contribution in [3.8, 4) is 0 Å². The molecule has 5 nitrogen and oxygen atoms in total. The lowest BCUT2D eigenvalue weighted by atomic mass is 10.0. The average Bonchev–Trinajstić information content (AvgIpc) is 2.77. The van der Waals surface area contributed by atoms with Crippen LogP contribution in [0.1, 0.15) is 28.3 Å². The zero-order chi connectivity index (χ0) is 24.8. The third kappa shape index (κ3) is 7.44. The molecule has 33 heavy (non-hydrogen) atoms. The van der Waals surface area contributed by atoms with Gasteiger partial charge in [-0.3, -0.25) is 10.1 Å². The van der Waals surface area contributed by atoms with E-state index in [0.717, 1.165) is 0 Å². The predicted octanol–water partition coefficient (Wildman–Crippen LogP) is 3.41. The van der Waals surface area contributed by atoms with Gasteiger partial charge in [0.1, 0.15) is 6.04 Å². The number of amides is 1. The van der Waals surface area contributed by atoms with Gasteiger partial charge in [0.15, 0.2) is 0 Å². The second kappa shape index (κ2) is 11.0. The fraction of sp³-hybridized carbons (Fsp3) is 0.409. The Morgan fingerprint density at radius 1 is 0.939 bits per heavy atom. The summed E-state index contributed by atoms with van der Waals surface area (Å²) in [5.74, 6) is -0.531. The maximum absolute atomic E-state index is 13.1. The number of aliphatic hydroxyl groups excluding tert-OH is 2. The monoisotopic (exact) mass is 478 g/mol. The summed E-state index contributed by atoms with van der Waals surface area (Å²) in [6.45, 7) is -1.08. The fourth-order valence-corrected chi connectivity index (χ4v) is 3.15. The van der Waals surface area contributed by atoms with Gasteiger partial charge in [-0.15, -0.1) is 0 Å². The molecule has 2 aromatic rings. The highest BCUT2D eigenvalue weighted by atomic mass is 19.4. The van der Waals surface area contributed by atoms with Crippen molar-refractivity contribution in [2.45, 2.75) is 30.9 Å². The second-order valence-electron chi connectivity index (χ2n) is 7.50. The number of rotatable bonds is 9. The number of hydrogen-bond acceptors (Lipinski definition) is 4. The minimum absolute atomic E-state index is 0.0532. The quantitative estimate of drug-likeness (QED) is 0.483. The summed E-state index contributed by atoms with van der Waals surface area (Å²) < 4.78 is 78.4. The maximum atomic E-state index is 13.1. The van der Waals surface area contributed by atoms with E-state index in [4.69, 9.17) is 0 Å². The largest absolute Gasteiger partial charge is 0.416 e. The van der Waals surface area contributed by atoms with Gasteiger partial charge < -0.3 is 15.1 Å². The molecule has 2 aromatic carbocycles. The number of nitrogens with zero attached hydrogens (tertiary/aromatic N) is 1. The molecule has 0 spiro atoms. The number of carbonyl (C=O) groups is 1. The Morgan fingerprint density at radius 3 is 1.91 bits per heavy atom. The molecule has 1 amide bonds. The van der Waals surface area contributed by atoms with Crippen LogP contribution < -0.4 is 5.32 Å². The molecule has 0 bridgehead atoms. The van der Waals surface area contributed by atoms with Crippen molar-refractivity contribution in [3.05, 3.63) is 70.8 Å². The van der Waals surface area contributed by atoms with Crippen LogP contribution in [0.4, 0.5) is 26.3 Å². The van der Waals surface area contributed by atoms with Crippen LogP contribution >= 0.6 is 0 Å². The molecule has 0 saturated carbocycles.